The van der Waals surface area contributed by atoms with Crippen molar-refractivity contribution in [3.63, 3.8) is 0 Å². The van der Waals surface area contributed by atoms with Crippen molar-refractivity contribution in [1.82, 2.24) is 5.32 Å². The van der Waals surface area contributed by atoms with Gasteiger partial charge in [-0.25, -0.2) is 0 Å². The van der Waals surface area contributed by atoms with Gasteiger partial charge in [0, 0.05) is 24.1 Å². The molecule has 0 amide bonds. The van der Waals surface area contributed by atoms with E-state index >= 15 is 0 Å². The molecule has 3 rings (SSSR count). The lowest BCUT2D eigenvalue weighted by molar-refractivity contribution is 0.429. The van der Waals surface area contributed by atoms with Gasteiger partial charge in [-0.05, 0) is 43.1 Å². The van der Waals surface area contributed by atoms with Gasteiger partial charge in [-0.2, -0.15) is 11.8 Å². The summed E-state index contributed by atoms with van der Waals surface area (Å²) in [4.78, 5) is 0. The summed E-state index contributed by atoms with van der Waals surface area (Å²) in [6, 6.07) is 11.7. The fourth-order valence-electron chi connectivity index (χ4n) is 2.69. The summed E-state index contributed by atoms with van der Waals surface area (Å²) in [6.45, 7) is 1.19. The van der Waals surface area contributed by atoms with Crippen molar-refractivity contribution in [3.8, 4) is 0 Å². The van der Waals surface area contributed by atoms with Crippen LogP contribution in [0.4, 0.5) is 0 Å². The van der Waals surface area contributed by atoms with Crippen LogP contribution in [0.25, 0.3) is 0 Å². The van der Waals surface area contributed by atoms with Crippen LogP contribution in [0.3, 0.4) is 0 Å². The van der Waals surface area contributed by atoms with Gasteiger partial charge in [-0.1, -0.05) is 30.3 Å². The molecule has 1 aromatic rings. The van der Waals surface area contributed by atoms with Gasteiger partial charge in [0.1, 0.15) is 0 Å². The highest BCUT2D eigenvalue weighted by atomic mass is 32.2. The van der Waals surface area contributed by atoms with Gasteiger partial charge < -0.3 is 5.32 Å². The molecule has 0 unspecified atom stereocenters. The van der Waals surface area contributed by atoms with E-state index in [0.29, 0.717) is 0 Å². The molecule has 1 nitrogen and oxygen atoms in total. The van der Waals surface area contributed by atoms with Gasteiger partial charge in [-0.3, -0.25) is 0 Å². The molecule has 0 aromatic heterocycles. The van der Waals surface area contributed by atoms with E-state index < -0.39 is 0 Å². The predicted octanol–water partition coefficient (Wildman–Crippen LogP) is 3.70. The molecule has 2 aliphatic rings. The number of hydrogen-bond acceptors (Lipinski definition) is 2. The molecule has 0 saturated heterocycles. The molecular weight excluding hydrogens is 238 g/mol. The predicted molar refractivity (Wildman–Crippen MR) is 79.8 cm³/mol. The topological polar surface area (TPSA) is 12.0 Å². The van der Waals surface area contributed by atoms with Crippen LogP contribution in [0, 0.1) is 11.8 Å². The molecule has 0 heterocycles. The van der Waals surface area contributed by atoms with E-state index in [-0.39, 0.29) is 0 Å². The van der Waals surface area contributed by atoms with E-state index in [9.17, 15) is 0 Å². The Morgan fingerprint density at radius 2 is 1.72 bits per heavy atom. The zero-order valence-corrected chi connectivity index (χ0v) is 11.8. The quantitative estimate of drug-likeness (QED) is 0.716. The van der Waals surface area contributed by atoms with Crippen molar-refractivity contribution >= 4 is 11.8 Å². The van der Waals surface area contributed by atoms with Crippen molar-refractivity contribution in [2.75, 3.05) is 12.3 Å². The average Bonchev–Trinajstić information content (AvgIpc) is 3.29. The summed E-state index contributed by atoms with van der Waals surface area (Å²) < 4.78 is 0. The van der Waals surface area contributed by atoms with Gasteiger partial charge in [-0.15, -0.1) is 0 Å². The van der Waals surface area contributed by atoms with Crippen molar-refractivity contribution in [3.05, 3.63) is 35.9 Å². The first-order valence-electron chi connectivity index (χ1n) is 7.28. The largest absolute Gasteiger partial charge is 0.313 e. The minimum absolute atomic E-state index is 0.863. The maximum absolute atomic E-state index is 3.81. The Kier molecular flexibility index (Phi) is 4.27. The summed E-state index contributed by atoms with van der Waals surface area (Å²) in [5, 5.41) is 3.81. The highest BCUT2D eigenvalue weighted by molar-refractivity contribution is 7.98. The van der Waals surface area contributed by atoms with E-state index in [0.717, 1.165) is 23.6 Å². The number of benzene rings is 1. The monoisotopic (exact) mass is 261 g/mol. The zero-order chi connectivity index (χ0) is 12.2. The summed E-state index contributed by atoms with van der Waals surface area (Å²) in [6.07, 6.45) is 5.91. The van der Waals surface area contributed by atoms with E-state index in [1.54, 1.807) is 0 Å². The minimum atomic E-state index is 0.863. The van der Waals surface area contributed by atoms with Crippen molar-refractivity contribution < 1.29 is 0 Å². The first-order chi connectivity index (χ1) is 8.93. The Hall–Kier alpha value is -0.470. The average molecular weight is 261 g/mol. The summed E-state index contributed by atoms with van der Waals surface area (Å²) >= 11 is 2.05. The highest BCUT2D eigenvalue weighted by Crippen LogP contribution is 2.44. The highest BCUT2D eigenvalue weighted by Gasteiger charge is 2.40. The second-order valence-electron chi connectivity index (χ2n) is 5.69. The summed E-state index contributed by atoms with van der Waals surface area (Å²) in [7, 11) is 0. The van der Waals surface area contributed by atoms with E-state index in [1.807, 2.05) is 0 Å². The molecule has 2 saturated carbocycles. The molecule has 98 valence electrons. The lowest BCUT2D eigenvalue weighted by Gasteiger charge is -2.17. The van der Waals surface area contributed by atoms with Gasteiger partial charge in [0.05, 0.1) is 0 Å². The Balaban J connectivity index is 1.30. The Labute approximate surface area is 115 Å². The van der Waals surface area contributed by atoms with Crippen molar-refractivity contribution in [2.45, 2.75) is 37.5 Å². The lowest BCUT2D eigenvalue weighted by Crippen LogP contribution is -2.34. The second-order valence-corrected chi connectivity index (χ2v) is 6.80. The van der Waals surface area contributed by atoms with Crippen LogP contribution >= 0.6 is 11.8 Å². The standard InChI is InChI=1S/C16H23NS/c1-2-4-13(5-3-1)12-18-11-10-17-16(14-6-7-14)15-8-9-15/h1-5,14-17H,6-12H2. The van der Waals surface area contributed by atoms with Crippen molar-refractivity contribution in [1.29, 1.82) is 0 Å². The van der Waals surface area contributed by atoms with E-state index in [2.05, 4.69) is 47.4 Å². The zero-order valence-electron chi connectivity index (χ0n) is 11.0. The SMILES string of the molecule is c1ccc(CSCCNC(C2CC2)C2CC2)cc1. The van der Waals surface area contributed by atoms with Crippen LogP contribution in [-0.4, -0.2) is 18.3 Å². The first kappa shape index (κ1) is 12.6. The normalized spacial score (nSPS) is 19.4. The van der Waals surface area contributed by atoms with Crippen LogP contribution in [0.2, 0.25) is 0 Å². The van der Waals surface area contributed by atoms with E-state index in [1.165, 1.54) is 43.5 Å². The molecule has 0 aliphatic heterocycles. The Morgan fingerprint density at radius 3 is 2.33 bits per heavy atom. The first-order valence-corrected chi connectivity index (χ1v) is 8.44. The van der Waals surface area contributed by atoms with Crippen LogP contribution < -0.4 is 5.32 Å². The third kappa shape index (κ3) is 3.76. The molecule has 2 aliphatic carbocycles. The van der Waals surface area contributed by atoms with Crippen LogP contribution in [-0.2, 0) is 5.75 Å². The maximum Gasteiger partial charge on any atom is 0.0185 e. The van der Waals surface area contributed by atoms with Crippen LogP contribution in [0.1, 0.15) is 31.2 Å². The fourth-order valence-corrected chi connectivity index (χ4v) is 3.53. The lowest BCUT2D eigenvalue weighted by atomic mass is 10.1. The molecule has 18 heavy (non-hydrogen) atoms. The third-order valence-corrected chi connectivity index (χ3v) is 5.03. The van der Waals surface area contributed by atoms with Crippen LogP contribution in [0.5, 0.6) is 0 Å². The molecule has 0 bridgehead atoms. The fraction of sp³-hybridized carbons (Fsp3) is 0.625. The molecule has 2 fully saturated rings. The molecular formula is C16H23NS. The molecule has 1 aromatic carbocycles. The smallest absolute Gasteiger partial charge is 0.0185 e. The second kappa shape index (κ2) is 6.12. The van der Waals surface area contributed by atoms with Crippen molar-refractivity contribution in [2.24, 2.45) is 11.8 Å². The van der Waals surface area contributed by atoms with Gasteiger partial charge in [0.2, 0.25) is 0 Å². The molecule has 0 atom stereocenters. The number of nitrogens with one attached hydrogen (secondary N) is 1. The summed E-state index contributed by atoms with van der Waals surface area (Å²) in [5.41, 5.74) is 1.45. The number of rotatable bonds is 8. The summed E-state index contributed by atoms with van der Waals surface area (Å²) in [5.74, 6) is 4.44. The molecule has 2 heteroatoms. The third-order valence-electron chi connectivity index (χ3n) is 4.00. The molecule has 0 spiro atoms. The number of thioether (sulfide) groups is 1. The van der Waals surface area contributed by atoms with Gasteiger partial charge in [0.15, 0.2) is 0 Å². The molecule has 0 radical (unpaired) electrons. The maximum atomic E-state index is 3.81. The minimum Gasteiger partial charge on any atom is -0.313 e. The molecule has 1 N–H and O–H groups in total. The van der Waals surface area contributed by atoms with Gasteiger partial charge >= 0.3 is 0 Å². The van der Waals surface area contributed by atoms with E-state index in [4.69, 9.17) is 0 Å². The van der Waals surface area contributed by atoms with Crippen LogP contribution in [0.15, 0.2) is 30.3 Å². The van der Waals surface area contributed by atoms with Gasteiger partial charge in [0.25, 0.3) is 0 Å². The Morgan fingerprint density at radius 1 is 1.06 bits per heavy atom. The Bertz CT molecular complexity index is 345. The number of hydrogen-bond donors (Lipinski definition) is 1.